The molecule has 0 unspecified atom stereocenters. The van der Waals surface area contributed by atoms with Crippen LogP contribution in [0.3, 0.4) is 0 Å². The highest BCUT2D eigenvalue weighted by molar-refractivity contribution is 7.89. The highest BCUT2D eigenvalue weighted by Crippen LogP contribution is 2.38. The summed E-state index contributed by atoms with van der Waals surface area (Å²) in [6.45, 7) is 4.81. The summed E-state index contributed by atoms with van der Waals surface area (Å²) in [6, 6.07) is 11.8. The van der Waals surface area contributed by atoms with E-state index in [1.54, 1.807) is 30.3 Å². The topological polar surface area (TPSA) is 111 Å². The zero-order valence-corrected chi connectivity index (χ0v) is 21.1. The molecule has 3 aromatic rings. The van der Waals surface area contributed by atoms with Gasteiger partial charge in [-0.1, -0.05) is 37.3 Å². The smallest absolute Gasteiger partial charge is 0.286 e. The van der Waals surface area contributed by atoms with E-state index in [-0.39, 0.29) is 16.7 Å². The summed E-state index contributed by atoms with van der Waals surface area (Å²) in [5, 5.41) is 11.7. The van der Waals surface area contributed by atoms with Crippen LogP contribution in [0.1, 0.15) is 53.1 Å². The van der Waals surface area contributed by atoms with Gasteiger partial charge in [-0.3, -0.25) is 4.79 Å². The second kappa shape index (κ2) is 9.56. The van der Waals surface area contributed by atoms with Crippen molar-refractivity contribution in [1.82, 2.24) is 14.5 Å². The fourth-order valence-corrected chi connectivity index (χ4v) is 6.91. The lowest BCUT2D eigenvalue weighted by molar-refractivity contribution is 0.102. The van der Waals surface area contributed by atoms with Crippen LogP contribution >= 0.6 is 11.3 Å². The summed E-state index contributed by atoms with van der Waals surface area (Å²) in [6.07, 6.45) is 2.24. The maximum atomic E-state index is 13.4. The van der Waals surface area contributed by atoms with Crippen LogP contribution in [-0.2, 0) is 16.4 Å². The quantitative estimate of drug-likeness (QED) is 0.502. The maximum Gasteiger partial charge on any atom is 0.286 e. The minimum absolute atomic E-state index is 0.148. The second-order valence-electron chi connectivity index (χ2n) is 8.98. The first kappa shape index (κ1) is 23.7. The lowest BCUT2D eigenvalue weighted by atomic mass is 10.0. The average Bonchev–Trinajstić information content (AvgIpc) is 3.58. The van der Waals surface area contributed by atoms with Gasteiger partial charge in [0.1, 0.15) is 5.01 Å². The molecule has 11 heteroatoms. The SMILES string of the molecule is CC(C)Cc1ccc(S(=O)(=O)N2CCC[C@H]2c2nnc(C(=O)Nc3ccc4c(c3)OCO4)s2)cc1. The van der Waals surface area contributed by atoms with Crippen molar-refractivity contribution in [2.75, 3.05) is 18.7 Å². The molecule has 1 N–H and O–H groups in total. The van der Waals surface area contributed by atoms with Gasteiger partial charge in [-0.15, -0.1) is 10.2 Å². The Kier molecular flexibility index (Phi) is 6.47. The summed E-state index contributed by atoms with van der Waals surface area (Å²) in [7, 11) is -3.70. The van der Waals surface area contributed by atoms with E-state index in [1.807, 2.05) is 12.1 Å². The second-order valence-corrected chi connectivity index (χ2v) is 11.9. The molecular formula is C24H26N4O5S2. The van der Waals surface area contributed by atoms with Gasteiger partial charge in [0.05, 0.1) is 10.9 Å². The number of hydrogen-bond donors (Lipinski definition) is 1. The zero-order chi connectivity index (χ0) is 24.6. The summed E-state index contributed by atoms with van der Waals surface area (Å²) >= 11 is 1.11. The van der Waals surface area contributed by atoms with Crippen LogP contribution in [0.2, 0.25) is 0 Å². The largest absolute Gasteiger partial charge is 0.454 e. The molecule has 35 heavy (non-hydrogen) atoms. The molecule has 0 aliphatic carbocycles. The van der Waals surface area contributed by atoms with E-state index >= 15 is 0 Å². The van der Waals surface area contributed by atoms with Crippen molar-refractivity contribution in [1.29, 1.82) is 0 Å². The van der Waals surface area contributed by atoms with Crippen LogP contribution in [0.15, 0.2) is 47.4 Å². The Hall–Kier alpha value is -3.02. The zero-order valence-electron chi connectivity index (χ0n) is 19.4. The van der Waals surface area contributed by atoms with Crippen LogP contribution in [-0.4, -0.2) is 42.2 Å². The minimum atomic E-state index is -3.70. The van der Waals surface area contributed by atoms with Crippen LogP contribution in [0, 0.1) is 5.92 Å². The Balaban J connectivity index is 1.31. The Labute approximate surface area is 208 Å². The third-order valence-corrected chi connectivity index (χ3v) is 8.87. The number of rotatable bonds is 7. The summed E-state index contributed by atoms with van der Waals surface area (Å²) in [5.41, 5.74) is 1.65. The van der Waals surface area contributed by atoms with Gasteiger partial charge < -0.3 is 14.8 Å². The number of ether oxygens (including phenoxy) is 2. The molecule has 1 amide bonds. The molecule has 0 radical (unpaired) electrons. The lowest BCUT2D eigenvalue weighted by Crippen LogP contribution is -2.30. The fraction of sp³-hybridized carbons (Fsp3) is 0.375. The van der Waals surface area contributed by atoms with Crippen LogP contribution in [0.5, 0.6) is 11.5 Å². The predicted molar refractivity (Wildman–Crippen MR) is 131 cm³/mol. The molecule has 0 saturated carbocycles. The first-order valence-electron chi connectivity index (χ1n) is 11.5. The third-order valence-electron chi connectivity index (χ3n) is 5.93. The Morgan fingerprint density at radius 3 is 2.69 bits per heavy atom. The van der Waals surface area contributed by atoms with Gasteiger partial charge in [0.15, 0.2) is 11.5 Å². The number of anilines is 1. The predicted octanol–water partition coefficient (Wildman–Crippen LogP) is 4.24. The molecule has 5 rings (SSSR count). The number of aromatic nitrogens is 2. The number of benzene rings is 2. The van der Waals surface area contributed by atoms with E-state index in [1.165, 1.54) is 4.31 Å². The van der Waals surface area contributed by atoms with Crippen molar-refractivity contribution < 1.29 is 22.7 Å². The molecule has 1 aromatic heterocycles. The molecule has 2 aliphatic heterocycles. The number of amides is 1. The molecule has 2 aromatic carbocycles. The average molecular weight is 515 g/mol. The third kappa shape index (κ3) is 4.89. The van der Waals surface area contributed by atoms with Gasteiger partial charge in [0, 0.05) is 18.3 Å². The highest BCUT2D eigenvalue weighted by atomic mass is 32.2. The molecule has 1 fully saturated rings. The Bertz CT molecular complexity index is 1340. The van der Waals surface area contributed by atoms with Crippen LogP contribution in [0.25, 0.3) is 0 Å². The van der Waals surface area contributed by atoms with E-state index in [4.69, 9.17) is 9.47 Å². The number of nitrogens with one attached hydrogen (secondary N) is 1. The van der Waals surface area contributed by atoms with Crippen LogP contribution < -0.4 is 14.8 Å². The number of nitrogens with zero attached hydrogens (tertiary/aromatic N) is 3. The van der Waals surface area contributed by atoms with Gasteiger partial charge >= 0.3 is 0 Å². The first-order chi connectivity index (χ1) is 16.8. The summed E-state index contributed by atoms with van der Waals surface area (Å²) in [5.74, 6) is 1.26. The van der Waals surface area contributed by atoms with Gasteiger partial charge in [-0.2, -0.15) is 4.31 Å². The Morgan fingerprint density at radius 2 is 1.91 bits per heavy atom. The summed E-state index contributed by atoms with van der Waals surface area (Å²) in [4.78, 5) is 13.0. The van der Waals surface area contributed by atoms with Gasteiger partial charge in [-0.25, -0.2) is 8.42 Å². The molecule has 9 nitrogen and oxygen atoms in total. The van der Waals surface area contributed by atoms with Gasteiger partial charge in [-0.05, 0) is 55.0 Å². The number of fused-ring (bicyclic) bond motifs is 1. The molecule has 184 valence electrons. The summed E-state index contributed by atoms with van der Waals surface area (Å²) < 4.78 is 38.9. The normalized spacial score (nSPS) is 17.7. The van der Waals surface area contributed by atoms with E-state index < -0.39 is 22.0 Å². The van der Waals surface area contributed by atoms with Crippen molar-refractivity contribution in [3.63, 3.8) is 0 Å². The monoisotopic (exact) mass is 514 g/mol. The lowest BCUT2D eigenvalue weighted by Gasteiger charge is -2.22. The Morgan fingerprint density at radius 1 is 1.14 bits per heavy atom. The molecule has 3 heterocycles. The van der Waals surface area contributed by atoms with Crippen molar-refractivity contribution in [2.45, 2.75) is 44.0 Å². The minimum Gasteiger partial charge on any atom is -0.454 e. The van der Waals surface area contributed by atoms with Crippen molar-refractivity contribution in [3.05, 3.63) is 58.0 Å². The maximum absolute atomic E-state index is 13.4. The first-order valence-corrected chi connectivity index (χ1v) is 13.7. The molecule has 1 atom stereocenters. The van der Waals surface area contributed by atoms with Gasteiger partial charge in [0.2, 0.25) is 21.8 Å². The molecule has 0 spiro atoms. The molecule has 0 bridgehead atoms. The number of sulfonamides is 1. The van der Waals surface area contributed by atoms with Crippen molar-refractivity contribution in [2.24, 2.45) is 5.92 Å². The highest BCUT2D eigenvalue weighted by Gasteiger charge is 2.38. The van der Waals surface area contributed by atoms with E-state index in [0.717, 1.165) is 23.3 Å². The van der Waals surface area contributed by atoms with Crippen molar-refractivity contribution in [3.8, 4) is 11.5 Å². The molecular weight excluding hydrogens is 488 g/mol. The fourth-order valence-electron chi connectivity index (χ4n) is 4.30. The molecule has 1 saturated heterocycles. The van der Waals surface area contributed by atoms with E-state index in [9.17, 15) is 13.2 Å². The number of carbonyl (C=O) groups is 1. The van der Waals surface area contributed by atoms with Crippen LogP contribution in [0.4, 0.5) is 5.69 Å². The molecule has 2 aliphatic rings. The van der Waals surface area contributed by atoms with E-state index in [2.05, 4.69) is 29.4 Å². The van der Waals surface area contributed by atoms with E-state index in [0.29, 0.717) is 47.5 Å². The standard InChI is InChI=1S/C24H26N4O5S2/c1-15(2)12-16-5-8-18(9-6-16)35(30,31)28-11-3-4-19(28)23-26-27-24(34-23)22(29)25-17-7-10-20-21(13-17)33-14-32-20/h5-10,13,15,19H,3-4,11-12,14H2,1-2H3,(H,25,29)/t19-/m0/s1. The van der Waals surface area contributed by atoms with Crippen molar-refractivity contribution >= 4 is 33.0 Å². The number of hydrogen-bond acceptors (Lipinski definition) is 8. The number of carbonyl (C=O) groups excluding carboxylic acids is 1. The van der Waals surface area contributed by atoms with Gasteiger partial charge in [0.25, 0.3) is 5.91 Å².